The molecule has 0 atom stereocenters. The van der Waals surface area contributed by atoms with Gasteiger partial charge in [0, 0.05) is 35.1 Å². The lowest BCUT2D eigenvalue weighted by Crippen LogP contribution is -2.13. The van der Waals surface area contributed by atoms with Crippen molar-refractivity contribution in [2.75, 3.05) is 17.7 Å². The van der Waals surface area contributed by atoms with Crippen molar-refractivity contribution in [2.45, 2.75) is 27.1 Å². The molecule has 0 spiro atoms. The molecule has 0 aliphatic rings. The van der Waals surface area contributed by atoms with Gasteiger partial charge in [-0.1, -0.05) is 6.07 Å². The van der Waals surface area contributed by atoms with Crippen molar-refractivity contribution in [1.82, 2.24) is 19.5 Å². The number of hydrogen-bond donors (Lipinski definition) is 3. The zero-order valence-corrected chi connectivity index (χ0v) is 21.7. The van der Waals surface area contributed by atoms with E-state index < -0.39 is 12.6 Å². The van der Waals surface area contributed by atoms with Gasteiger partial charge in [0.15, 0.2) is 0 Å². The Labute approximate surface area is 224 Å². The first-order valence-corrected chi connectivity index (χ1v) is 12.3. The maximum absolute atomic E-state index is 13.6. The predicted octanol–water partition coefficient (Wildman–Crippen LogP) is 5.49. The van der Waals surface area contributed by atoms with Crippen LogP contribution in [0.1, 0.15) is 43.2 Å². The minimum atomic E-state index is -0.685. The number of carbonyl (C=O) groups excluding carboxylic acids is 2. The van der Waals surface area contributed by atoms with Crippen molar-refractivity contribution in [3.63, 3.8) is 0 Å². The number of amides is 1. The molecule has 10 heteroatoms. The number of carbonyl (C=O) groups is 2. The molecular weight excluding hydrogens is 499 g/mol. The number of aromatic amines is 1. The number of fused-ring (bicyclic) bond motifs is 1. The van der Waals surface area contributed by atoms with Gasteiger partial charge in [-0.3, -0.25) is 4.79 Å². The molecule has 0 saturated heterocycles. The molecule has 3 heterocycles. The van der Waals surface area contributed by atoms with Crippen molar-refractivity contribution >= 4 is 34.3 Å². The molecule has 0 fully saturated rings. The molecule has 3 N–H and O–H groups in total. The first kappa shape index (κ1) is 25.7. The van der Waals surface area contributed by atoms with Crippen molar-refractivity contribution in [3.8, 4) is 5.69 Å². The third-order valence-corrected chi connectivity index (χ3v) is 6.37. The number of aromatic nitrogens is 4. The number of alkyl halides is 1. The van der Waals surface area contributed by atoms with Crippen LogP contribution in [0.15, 0.2) is 67.3 Å². The SMILES string of the molecule is COC(=O)c1cc2cc(NCc3cc(NC(=O)c4cc(CF)cc(-n5cnc(C)c5)c4)ccc3C)cnc2[nH]1. The second kappa shape index (κ2) is 10.8. The summed E-state index contributed by atoms with van der Waals surface area (Å²) >= 11 is 0. The number of nitrogens with one attached hydrogen (secondary N) is 3. The number of esters is 1. The fraction of sp³-hybridized carbons (Fsp3) is 0.172. The van der Waals surface area contributed by atoms with Crippen LogP contribution in [-0.4, -0.2) is 38.5 Å². The Morgan fingerprint density at radius 2 is 1.90 bits per heavy atom. The Morgan fingerprint density at radius 3 is 2.64 bits per heavy atom. The molecule has 5 rings (SSSR count). The second-order valence-corrected chi connectivity index (χ2v) is 9.23. The fourth-order valence-corrected chi connectivity index (χ4v) is 4.27. The quantitative estimate of drug-likeness (QED) is 0.231. The highest BCUT2D eigenvalue weighted by molar-refractivity contribution is 6.04. The van der Waals surface area contributed by atoms with Gasteiger partial charge in [-0.2, -0.15) is 0 Å². The van der Waals surface area contributed by atoms with E-state index in [1.807, 2.05) is 44.3 Å². The van der Waals surface area contributed by atoms with E-state index in [0.29, 0.717) is 40.4 Å². The molecule has 9 nitrogen and oxygen atoms in total. The largest absolute Gasteiger partial charge is 0.464 e. The standard InChI is InChI=1S/C29H27FN6O3/c1-17-4-5-23(34-28(37)21-6-19(12-30)7-25(10-21)36-15-18(2)33-16-36)9-22(17)13-31-24-8-20-11-26(29(38)39-3)35-27(20)32-14-24/h4-11,14-16,31H,12-13H2,1-3H3,(H,32,35)(H,34,37). The molecule has 39 heavy (non-hydrogen) atoms. The molecule has 0 radical (unpaired) electrons. The first-order chi connectivity index (χ1) is 18.8. The third kappa shape index (κ3) is 5.64. The number of methoxy groups -OCH3 is 1. The van der Waals surface area contributed by atoms with E-state index in [1.165, 1.54) is 7.11 Å². The molecule has 0 aliphatic carbocycles. The number of H-pyrrole nitrogens is 1. The normalized spacial score (nSPS) is 11.0. The minimum absolute atomic E-state index is 0.334. The van der Waals surface area contributed by atoms with E-state index in [4.69, 9.17) is 4.74 Å². The molecule has 3 aromatic heterocycles. The number of hydrogen-bond acceptors (Lipinski definition) is 6. The molecule has 0 unspecified atom stereocenters. The van der Waals surface area contributed by atoms with Gasteiger partial charge in [0.25, 0.3) is 5.91 Å². The molecule has 5 aromatic rings. The fourth-order valence-electron chi connectivity index (χ4n) is 4.27. The summed E-state index contributed by atoms with van der Waals surface area (Å²) in [4.78, 5) is 36.4. The summed E-state index contributed by atoms with van der Waals surface area (Å²) in [5.41, 5.74) is 6.58. The summed E-state index contributed by atoms with van der Waals surface area (Å²) in [6, 6.07) is 14.2. The molecular formula is C29H27FN6O3. The second-order valence-electron chi connectivity index (χ2n) is 9.23. The highest BCUT2D eigenvalue weighted by atomic mass is 19.1. The lowest BCUT2D eigenvalue weighted by Gasteiger charge is -2.13. The van der Waals surface area contributed by atoms with Crippen LogP contribution >= 0.6 is 0 Å². The highest BCUT2D eigenvalue weighted by Gasteiger charge is 2.13. The number of anilines is 2. The lowest BCUT2D eigenvalue weighted by atomic mass is 10.1. The van der Waals surface area contributed by atoms with Crippen LogP contribution in [-0.2, 0) is 18.0 Å². The Bertz CT molecular complexity index is 1690. The predicted molar refractivity (Wildman–Crippen MR) is 147 cm³/mol. The summed E-state index contributed by atoms with van der Waals surface area (Å²) in [7, 11) is 1.33. The number of pyridine rings is 1. The maximum Gasteiger partial charge on any atom is 0.354 e. The van der Waals surface area contributed by atoms with Crippen LogP contribution in [0.2, 0.25) is 0 Å². The first-order valence-electron chi connectivity index (χ1n) is 12.3. The topological polar surface area (TPSA) is 114 Å². The molecule has 198 valence electrons. The molecule has 0 aliphatic heterocycles. The van der Waals surface area contributed by atoms with E-state index in [9.17, 15) is 14.0 Å². The van der Waals surface area contributed by atoms with Crippen LogP contribution in [0.25, 0.3) is 16.7 Å². The summed E-state index contributed by atoms with van der Waals surface area (Å²) in [5, 5.41) is 7.05. The van der Waals surface area contributed by atoms with Gasteiger partial charge >= 0.3 is 5.97 Å². The Morgan fingerprint density at radius 1 is 1.05 bits per heavy atom. The van der Waals surface area contributed by atoms with E-state index in [2.05, 4.69) is 25.6 Å². The van der Waals surface area contributed by atoms with Gasteiger partial charge in [0.1, 0.15) is 18.0 Å². The summed E-state index contributed by atoms with van der Waals surface area (Å²) in [6.45, 7) is 3.65. The van der Waals surface area contributed by atoms with Crippen molar-refractivity contribution in [2.24, 2.45) is 0 Å². The number of halogens is 1. The Hall–Kier alpha value is -4.99. The van der Waals surface area contributed by atoms with E-state index in [-0.39, 0.29) is 5.91 Å². The summed E-state index contributed by atoms with van der Waals surface area (Å²) in [6.07, 6.45) is 5.13. The Balaban J connectivity index is 1.31. The van der Waals surface area contributed by atoms with E-state index in [1.54, 1.807) is 41.4 Å². The number of ether oxygens (including phenoxy) is 1. The van der Waals surface area contributed by atoms with Gasteiger partial charge < -0.3 is 24.9 Å². The molecule has 0 saturated carbocycles. The van der Waals surface area contributed by atoms with Crippen molar-refractivity contribution in [3.05, 3.63) is 101 Å². The lowest BCUT2D eigenvalue weighted by molar-refractivity contribution is 0.0595. The van der Waals surface area contributed by atoms with Crippen LogP contribution < -0.4 is 10.6 Å². The smallest absolute Gasteiger partial charge is 0.354 e. The zero-order valence-electron chi connectivity index (χ0n) is 21.7. The van der Waals surface area contributed by atoms with Gasteiger partial charge in [-0.15, -0.1) is 0 Å². The number of rotatable bonds is 8. The van der Waals surface area contributed by atoms with E-state index >= 15 is 0 Å². The van der Waals surface area contributed by atoms with Crippen molar-refractivity contribution < 1.29 is 18.7 Å². The maximum atomic E-state index is 13.6. The number of imidazole rings is 1. The zero-order chi connectivity index (χ0) is 27.5. The average Bonchev–Trinajstić information content (AvgIpc) is 3.58. The number of nitrogens with zero attached hydrogens (tertiary/aromatic N) is 3. The highest BCUT2D eigenvalue weighted by Crippen LogP contribution is 2.22. The summed E-state index contributed by atoms with van der Waals surface area (Å²) in [5.74, 6) is -0.795. The van der Waals surface area contributed by atoms with Crippen LogP contribution in [0.5, 0.6) is 0 Å². The number of benzene rings is 2. The van der Waals surface area contributed by atoms with Gasteiger partial charge in [0.05, 0.1) is 31.0 Å². The third-order valence-electron chi connectivity index (χ3n) is 6.37. The van der Waals surface area contributed by atoms with Crippen LogP contribution in [0.4, 0.5) is 15.8 Å². The monoisotopic (exact) mass is 526 g/mol. The van der Waals surface area contributed by atoms with Gasteiger partial charge in [-0.25, -0.2) is 19.2 Å². The minimum Gasteiger partial charge on any atom is -0.464 e. The van der Waals surface area contributed by atoms with Gasteiger partial charge in [-0.05, 0) is 73.0 Å². The summed E-state index contributed by atoms with van der Waals surface area (Å²) < 4.78 is 20.1. The van der Waals surface area contributed by atoms with Crippen LogP contribution in [0.3, 0.4) is 0 Å². The van der Waals surface area contributed by atoms with Crippen LogP contribution in [0, 0.1) is 13.8 Å². The van der Waals surface area contributed by atoms with Crippen molar-refractivity contribution in [1.29, 1.82) is 0 Å². The van der Waals surface area contributed by atoms with E-state index in [0.717, 1.165) is 27.9 Å². The molecule has 0 bridgehead atoms. The van der Waals surface area contributed by atoms with Gasteiger partial charge in [0.2, 0.25) is 0 Å². The Kier molecular flexibility index (Phi) is 7.09. The average molecular weight is 527 g/mol. The molecule has 2 aromatic carbocycles. The molecule has 1 amide bonds. The number of aryl methyl sites for hydroxylation is 2.